The summed E-state index contributed by atoms with van der Waals surface area (Å²) >= 11 is 2.57. The predicted octanol–water partition coefficient (Wildman–Crippen LogP) is 8.84. The maximum absolute atomic E-state index is 7.37. The summed E-state index contributed by atoms with van der Waals surface area (Å²) in [6.45, 7) is 10.7. The van der Waals surface area contributed by atoms with Gasteiger partial charge in [0.15, 0.2) is 5.60 Å². The molecule has 2 aliphatic rings. The molecule has 4 heteroatoms. The van der Waals surface area contributed by atoms with Crippen LogP contribution >= 0.6 is 22.6 Å². The zero-order valence-corrected chi connectivity index (χ0v) is 25.8. The zero-order chi connectivity index (χ0) is 27.5. The van der Waals surface area contributed by atoms with Gasteiger partial charge in [0.1, 0.15) is 5.75 Å². The van der Waals surface area contributed by atoms with Crippen LogP contribution in [0.4, 0.5) is 11.4 Å². The van der Waals surface area contributed by atoms with E-state index in [9.17, 15) is 0 Å². The van der Waals surface area contributed by atoms with Crippen LogP contribution in [0.3, 0.4) is 0 Å². The van der Waals surface area contributed by atoms with E-state index < -0.39 is 5.60 Å². The van der Waals surface area contributed by atoms with Crippen molar-refractivity contribution < 1.29 is 4.74 Å². The maximum Gasteiger partial charge on any atom is 0.187 e. The number of fused-ring (bicyclic) bond motifs is 6. The minimum absolute atomic E-state index is 0.749. The van der Waals surface area contributed by atoms with E-state index in [2.05, 4.69) is 153 Å². The van der Waals surface area contributed by atoms with Crippen LogP contribution in [0.5, 0.6) is 5.75 Å². The highest BCUT2D eigenvalue weighted by Gasteiger charge is 2.52. The topological polar surface area (TPSA) is 15.7 Å². The van der Waals surface area contributed by atoms with Gasteiger partial charge in [0.2, 0.25) is 0 Å². The van der Waals surface area contributed by atoms with Crippen molar-refractivity contribution >= 4 is 43.1 Å². The molecule has 0 bridgehead atoms. The standard InChI is InChI=1S/C35H35IN2O/c1-7-38(8-2)25-15-18-31-29(21-25)28-20-24(37(5)6)14-17-30(28)35(31)33(26-12-10-9-11-23(26)4)34(36)27-16-13-22(3)19-32(27)39-35/h9-21H,7-8H2,1-6H3. The largest absolute Gasteiger partial charge is 0.472 e. The fourth-order valence-corrected chi connectivity index (χ4v) is 7.39. The molecular weight excluding hydrogens is 591 g/mol. The van der Waals surface area contributed by atoms with Crippen molar-refractivity contribution in [3.05, 3.63) is 112 Å². The van der Waals surface area contributed by atoms with Crippen LogP contribution in [0.1, 0.15) is 47.2 Å². The SMILES string of the molecule is CCN(CC)c1ccc2c(c1)-c1cc(N(C)C)ccc1C21Oc2cc(C)ccc2C(I)=C1c1ccccc1C. The van der Waals surface area contributed by atoms with E-state index in [4.69, 9.17) is 4.74 Å². The molecule has 39 heavy (non-hydrogen) atoms. The number of hydrogen-bond acceptors (Lipinski definition) is 3. The van der Waals surface area contributed by atoms with Crippen LogP contribution < -0.4 is 14.5 Å². The number of aryl methyl sites for hydroxylation is 2. The molecule has 0 aromatic heterocycles. The van der Waals surface area contributed by atoms with Crippen molar-refractivity contribution in [2.45, 2.75) is 33.3 Å². The molecule has 0 N–H and O–H groups in total. The maximum atomic E-state index is 7.37. The second-order valence-corrected chi connectivity index (χ2v) is 11.9. The number of rotatable bonds is 5. The Bertz CT molecular complexity index is 1630. The summed E-state index contributed by atoms with van der Waals surface area (Å²) in [6.07, 6.45) is 0. The highest BCUT2D eigenvalue weighted by molar-refractivity contribution is 14.1. The summed E-state index contributed by atoms with van der Waals surface area (Å²) in [5, 5.41) is 0. The van der Waals surface area contributed by atoms with Crippen LogP contribution in [0.2, 0.25) is 0 Å². The Labute approximate surface area is 246 Å². The molecule has 1 aliphatic heterocycles. The molecule has 0 fully saturated rings. The molecule has 0 radical (unpaired) electrons. The molecule has 1 heterocycles. The van der Waals surface area contributed by atoms with Gasteiger partial charge in [-0.3, -0.25) is 0 Å². The Balaban J connectivity index is 1.74. The molecule has 1 spiro atoms. The van der Waals surface area contributed by atoms with Crippen LogP contribution in [0, 0.1) is 13.8 Å². The normalized spacial score (nSPS) is 17.0. The zero-order valence-electron chi connectivity index (χ0n) is 23.6. The highest BCUT2D eigenvalue weighted by atomic mass is 127. The number of hydrogen-bond donors (Lipinski definition) is 0. The first-order valence-electron chi connectivity index (χ1n) is 13.8. The third-order valence-corrected chi connectivity index (χ3v) is 9.44. The van der Waals surface area contributed by atoms with Crippen molar-refractivity contribution in [1.29, 1.82) is 0 Å². The van der Waals surface area contributed by atoms with Crippen molar-refractivity contribution in [3.63, 3.8) is 0 Å². The third kappa shape index (κ3) is 3.90. The van der Waals surface area contributed by atoms with E-state index in [0.29, 0.717) is 0 Å². The second kappa shape index (κ2) is 9.74. The molecule has 0 amide bonds. The van der Waals surface area contributed by atoms with Crippen LogP contribution in [-0.2, 0) is 5.60 Å². The number of nitrogens with zero attached hydrogens (tertiary/aromatic N) is 2. The molecule has 6 rings (SSSR count). The lowest BCUT2D eigenvalue weighted by Gasteiger charge is -2.41. The highest BCUT2D eigenvalue weighted by Crippen LogP contribution is 2.62. The molecule has 1 atom stereocenters. The van der Waals surface area contributed by atoms with E-state index in [-0.39, 0.29) is 0 Å². The van der Waals surface area contributed by atoms with E-state index >= 15 is 0 Å². The Morgan fingerprint density at radius 2 is 1.36 bits per heavy atom. The van der Waals surface area contributed by atoms with Gasteiger partial charge in [0, 0.05) is 64.4 Å². The van der Waals surface area contributed by atoms with Crippen LogP contribution in [-0.4, -0.2) is 27.2 Å². The monoisotopic (exact) mass is 626 g/mol. The minimum atomic E-state index is -0.749. The van der Waals surface area contributed by atoms with Crippen LogP contribution in [0.25, 0.3) is 20.3 Å². The average molecular weight is 627 g/mol. The molecule has 0 saturated carbocycles. The fourth-order valence-electron chi connectivity index (χ4n) is 6.27. The fraction of sp³-hybridized carbons (Fsp3) is 0.257. The lowest BCUT2D eigenvalue weighted by Crippen LogP contribution is -2.37. The quantitative estimate of drug-likeness (QED) is 0.206. The Morgan fingerprint density at radius 3 is 2.00 bits per heavy atom. The Morgan fingerprint density at radius 1 is 0.718 bits per heavy atom. The summed E-state index contributed by atoms with van der Waals surface area (Å²) in [6, 6.07) is 29.2. The first-order valence-corrected chi connectivity index (χ1v) is 14.9. The Kier molecular flexibility index (Phi) is 6.49. The van der Waals surface area contributed by atoms with Gasteiger partial charge in [-0.05, 0) is 115 Å². The summed E-state index contributed by atoms with van der Waals surface area (Å²) in [4.78, 5) is 4.60. The lowest BCUT2D eigenvalue weighted by molar-refractivity contribution is 0.176. The van der Waals surface area contributed by atoms with E-state index in [0.717, 1.165) is 24.4 Å². The number of halogens is 1. The van der Waals surface area contributed by atoms with Crippen LogP contribution in [0.15, 0.2) is 78.9 Å². The minimum Gasteiger partial charge on any atom is -0.472 e. The Hall–Kier alpha value is -3.25. The first-order chi connectivity index (χ1) is 18.8. The average Bonchev–Trinajstić information content (AvgIpc) is 3.19. The molecule has 1 unspecified atom stereocenters. The first kappa shape index (κ1) is 26.0. The molecule has 3 nitrogen and oxygen atoms in total. The van der Waals surface area contributed by atoms with Gasteiger partial charge in [0.25, 0.3) is 0 Å². The van der Waals surface area contributed by atoms with E-state index in [1.54, 1.807) is 0 Å². The van der Waals surface area contributed by atoms with Gasteiger partial charge >= 0.3 is 0 Å². The summed E-state index contributed by atoms with van der Waals surface area (Å²) in [5.74, 6) is 0.944. The van der Waals surface area contributed by atoms with Crippen molar-refractivity contribution in [2.75, 3.05) is 37.0 Å². The van der Waals surface area contributed by atoms with Gasteiger partial charge in [-0.1, -0.05) is 42.5 Å². The van der Waals surface area contributed by atoms with Crippen molar-refractivity contribution in [1.82, 2.24) is 0 Å². The molecule has 1 aliphatic carbocycles. The van der Waals surface area contributed by atoms with Gasteiger partial charge < -0.3 is 14.5 Å². The molecule has 4 aromatic rings. The molecule has 0 saturated heterocycles. The lowest BCUT2D eigenvalue weighted by atomic mass is 9.76. The molecule has 198 valence electrons. The van der Waals surface area contributed by atoms with Gasteiger partial charge in [0.05, 0.1) is 0 Å². The second-order valence-electron chi connectivity index (χ2n) is 10.8. The van der Waals surface area contributed by atoms with E-state index in [1.807, 2.05) is 0 Å². The van der Waals surface area contributed by atoms with E-state index in [1.165, 1.54) is 59.5 Å². The number of anilines is 2. The predicted molar refractivity (Wildman–Crippen MR) is 174 cm³/mol. The summed E-state index contributed by atoms with van der Waals surface area (Å²) in [5.41, 5.74) is 12.7. The van der Waals surface area contributed by atoms with Crippen molar-refractivity contribution in [2.24, 2.45) is 0 Å². The van der Waals surface area contributed by atoms with Crippen molar-refractivity contribution in [3.8, 4) is 16.9 Å². The summed E-state index contributed by atoms with van der Waals surface area (Å²) in [7, 11) is 4.22. The molecular formula is C35H35IN2O. The smallest absolute Gasteiger partial charge is 0.187 e. The molecule has 4 aromatic carbocycles. The number of ether oxygens (including phenoxy) is 1. The van der Waals surface area contributed by atoms with Gasteiger partial charge in [-0.15, -0.1) is 0 Å². The third-order valence-electron chi connectivity index (χ3n) is 8.32. The van der Waals surface area contributed by atoms with Gasteiger partial charge in [-0.25, -0.2) is 0 Å². The van der Waals surface area contributed by atoms with Gasteiger partial charge in [-0.2, -0.15) is 0 Å². The number of benzene rings is 4. The summed E-state index contributed by atoms with van der Waals surface area (Å²) < 4.78 is 8.61.